The predicted octanol–water partition coefficient (Wildman–Crippen LogP) is 8.40. The highest BCUT2D eigenvalue weighted by atomic mass is 14.7. The molecule has 0 saturated carbocycles. The van der Waals surface area contributed by atoms with Crippen molar-refractivity contribution >= 4 is 0 Å². The van der Waals surface area contributed by atoms with Gasteiger partial charge in [-0.3, -0.25) is 4.98 Å². The molecule has 29 heavy (non-hydrogen) atoms. The lowest BCUT2D eigenvalue weighted by molar-refractivity contribution is 0.807. The first-order chi connectivity index (χ1) is 16.1. The van der Waals surface area contributed by atoms with Crippen LogP contribution >= 0.6 is 0 Å². The summed E-state index contributed by atoms with van der Waals surface area (Å²) in [6.07, 6.45) is 1.46. The van der Waals surface area contributed by atoms with E-state index >= 15 is 0 Å². The Morgan fingerprint density at radius 2 is 1.38 bits per heavy atom. The van der Waals surface area contributed by atoms with Gasteiger partial charge in [-0.25, -0.2) is 0 Å². The minimum Gasteiger partial charge on any atom is -0.256 e. The van der Waals surface area contributed by atoms with E-state index in [1.807, 2.05) is 6.07 Å². The number of benzene rings is 2. The first-order valence-corrected chi connectivity index (χ1v) is 10.4. The van der Waals surface area contributed by atoms with Gasteiger partial charge in [-0.1, -0.05) is 83.5 Å². The summed E-state index contributed by atoms with van der Waals surface area (Å²) in [5.74, 6) is 0.743. The Morgan fingerprint density at radius 3 is 1.86 bits per heavy atom. The fourth-order valence-corrected chi connectivity index (χ4v) is 3.73. The highest BCUT2D eigenvalue weighted by molar-refractivity contribution is 5.79. The summed E-state index contributed by atoms with van der Waals surface area (Å²) >= 11 is 0. The largest absolute Gasteiger partial charge is 0.256 e. The molecule has 152 valence electrons. The van der Waals surface area contributed by atoms with Gasteiger partial charge < -0.3 is 0 Å². The van der Waals surface area contributed by atoms with Gasteiger partial charge in [0.25, 0.3) is 0 Å². The molecule has 0 spiro atoms. The van der Waals surface area contributed by atoms with Crippen LogP contribution in [0.5, 0.6) is 0 Å². The Labute approximate surface area is 185 Å². The zero-order valence-corrected chi connectivity index (χ0v) is 18.3. The minimum absolute atomic E-state index is 0.195. The van der Waals surface area contributed by atoms with Crippen molar-refractivity contribution in [1.82, 2.24) is 4.98 Å². The number of nitrogens with zero attached hydrogens (tertiary/aromatic N) is 1. The second-order valence-corrected chi connectivity index (χ2v) is 8.73. The van der Waals surface area contributed by atoms with E-state index in [1.165, 1.54) is 11.8 Å². The average Bonchev–Trinajstić information content (AvgIpc) is 2.76. The smallest absolute Gasteiger partial charge is 0.0708 e. The SMILES string of the molecule is [2H]C([2H])([2H])c1ccc(-c2cc(-c3c(C(C)C)cc(C(C)C)cc3C(C)C)c(C([2H])([2H])[2H])cn2)cc1. The molecule has 0 aliphatic rings. The molecule has 0 N–H and O–H groups in total. The molecule has 0 fully saturated rings. The van der Waals surface area contributed by atoms with E-state index in [0.717, 1.165) is 22.3 Å². The summed E-state index contributed by atoms with van der Waals surface area (Å²) in [7, 11) is 0. The van der Waals surface area contributed by atoms with Crippen molar-refractivity contribution in [1.29, 1.82) is 0 Å². The van der Waals surface area contributed by atoms with Gasteiger partial charge in [0, 0.05) is 20.0 Å². The van der Waals surface area contributed by atoms with Crippen molar-refractivity contribution in [2.24, 2.45) is 0 Å². The van der Waals surface area contributed by atoms with Crippen LogP contribution in [0.2, 0.25) is 0 Å². The van der Waals surface area contributed by atoms with Gasteiger partial charge in [0.05, 0.1) is 5.69 Å². The molecular formula is C28H35N. The van der Waals surface area contributed by atoms with Crippen LogP contribution in [0.25, 0.3) is 22.4 Å². The third-order valence-corrected chi connectivity index (χ3v) is 5.49. The topological polar surface area (TPSA) is 12.9 Å². The van der Waals surface area contributed by atoms with Gasteiger partial charge in [0.2, 0.25) is 0 Å². The molecule has 0 atom stereocenters. The number of hydrogen-bond donors (Lipinski definition) is 0. The van der Waals surface area contributed by atoms with Crippen LogP contribution in [-0.4, -0.2) is 4.98 Å². The van der Waals surface area contributed by atoms with Gasteiger partial charge in [-0.2, -0.15) is 0 Å². The monoisotopic (exact) mass is 391 g/mol. The highest BCUT2D eigenvalue weighted by Gasteiger charge is 2.20. The Hall–Kier alpha value is -2.41. The van der Waals surface area contributed by atoms with Gasteiger partial charge in [0.1, 0.15) is 0 Å². The summed E-state index contributed by atoms with van der Waals surface area (Å²) in [5, 5.41) is 0. The van der Waals surface area contributed by atoms with Crippen molar-refractivity contribution in [2.75, 3.05) is 0 Å². The van der Waals surface area contributed by atoms with E-state index in [-0.39, 0.29) is 23.0 Å². The van der Waals surface area contributed by atoms with Crippen LogP contribution < -0.4 is 0 Å². The van der Waals surface area contributed by atoms with Gasteiger partial charge in [-0.15, -0.1) is 0 Å². The Morgan fingerprint density at radius 1 is 0.759 bits per heavy atom. The first-order valence-electron chi connectivity index (χ1n) is 13.4. The van der Waals surface area contributed by atoms with Crippen molar-refractivity contribution in [3.8, 4) is 22.4 Å². The molecule has 2 aromatic carbocycles. The lowest BCUT2D eigenvalue weighted by Crippen LogP contribution is -2.05. The third kappa shape index (κ3) is 4.45. The van der Waals surface area contributed by atoms with Crippen molar-refractivity contribution in [2.45, 2.75) is 73.0 Å². The number of rotatable bonds is 5. The lowest BCUT2D eigenvalue weighted by Gasteiger charge is -2.24. The van der Waals surface area contributed by atoms with E-state index in [9.17, 15) is 0 Å². The van der Waals surface area contributed by atoms with E-state index in [4.69, 9.17) is 8.22 Å². The van der Waals surface area contributed by atoms with Crippen LogP contribution in [0.1, 0.15) is 95.3 Å². The minimum atomic E-state index is -2.33. The Kier molecular flexibility index (Phi) is 4.28. The van der Waals surface area contributed by atoms with E-state index < -0.39 is 13.7 Å². The van der Waals surface area contributed by atoms with Gasteiger partial charge in [0.15, 0.2) is 0 Å². The maximum absolute atomic E-state index is 8.23. The maximum Gasteiger partial charge on any atom is 0.0708 e. The molecule has 1 nitrogen and oxygen atoms in total. The zero-order chi connectivity index (χ0) is 26.3. The Bertz CT molecular complexity index is 1160. The molecular weight excluding hydrogens is 350 g/mol. The molecule has 3 rings (SSSR count). The average molecular weight is 392 g/mol. The molecule has 0 saturated heterocycles. The van der Waals surface area contributed by atoms with E-state index in [1.54, 1.807) is 24.3 Å². The van der Waals surface area contributed by atoms with Crippen molar-refractivity contribution in [3.63, 3.8) is 0 Å². The van der Waals surface area contributed by atoms with E-state index in [0.29, 0.717) is 17.2 Å². The van der Waals surface area contributed by atoms with Crippen LogP contribution in [0, 0.1) is 13.7 Å². The van der Waals surface area contributed by atoms with Crippen LogP contribution in [0.3, 0.4) is 0 Å². The van der Waals surface area contributed by atoms with Gasteiger partial charge in [-0.05, 0) is 70.9 Å². The summed E-state index contributed by atoms with van der Waals surface area (Å²) in [6.45, 7) is 8.38. The molecule has 0 unspecified atom stereocenters. The third-order valence-electron chi connectivity index (χ3n) is 5.49. The lowest BCUT2D eigenvalue weighted by atomic mass is 9.81. The maximum atomic E-state index is 8.23. The number of aryl methyl sites for hydroxylation is 2. The fraction of sp³-hybridized carbons (Fsp3) is 0.393. The zero-order valence-electron chi connectivity index (χ0n) is 24.3. The molecule has 0 bridgehead atoms. The highest BCUT2D eigenvalue weighted by Crippen LogP contribution is 2.40. The number of aromatic nitrogens is 1. The molecule has 1 heterocycles. The molecule has 0 radical (unpaired) electrons. The first kappa shape index (κ1) is 14.6. The molecule has 1 heteroatoms. The Balaban J connectivity index is 2.35. The molecule has 3 aromatic rings. The molecule has 0 amide bonds. The van der Waals surface area contributed by atoms with Crippen molar-refractivity contribution < 1.29 is 8.22 Å². The van der Waals surface area contributed by atoms with Gasteiger partial charge >= 0.3 is 0 Å². The van der Waals surface area contributed by atoms with E-state index in [2.05, 4.69) is 58.7 Å². The van der Waals surface area contributed by atoms with Crippen LogP contribution in [0.4, 0.5) is 0 Å². The molecule has 1 aromatic heterocycles. The van der Waals surface area contributed by atoms with Crippen LogP contribution in [-0.2, 0) is 0 Å². The normalized spacial score (nSPS) is 15.6. The summed E-state index contributed by atoms with van der Waals surface area (Å²) in [5.41, 5.74) is 6.96. The second-order valence-electron chi connectivity index (χ2n) is 8.73. The summed E-state index contributed by atoms with van der Waals surface area (Å²) < 4.78 is 47.6. The van der Waals surface area contributed by atoms with Crippen molar-refractivity contribution in [3.05, 3.63) is 76.5 Å². The number of hydrogen-bond acceptors (Lipinski definition) is 1. The standard InChI is InChI=1S/C28H35N/c1-17(2)23-13-24(18(3)4)28(25(14-23)19(5)6)26-15-27(29-16-21(26)8)22-11-9-20(7)10-12-22/h9-19H,1-8H3/i7D3,8D3. The second kappa shape index (κ2) is 8.53. The predicted molar refractivity (Wildman–Crippen MR) is 127 cm³/mol. The van der Waals surface area contributed by atoms with Crippen LogP contribution in [0.15, 0.2) is 48.7 Å². The molecule has 0 aliphatic heterocycles. The number of pyridine rings is 1. The summed E-state index contributed by atoms with van der Waals surface area (Å²) in [4.78, 5) is 4.49. The fourth-order valence-electron chi connectivity index (χ4n) is 3.73. The quantitative estimate of drug-likeness (QED) is 0.425. The summed E-state index contributed by atoms with van der Waals surface area (Å²) in [6, 6.07) is 12.9. The molecule has 0 aliphatic carbocycles.